The number of anilines is 1. The average Bonchev–Trinajstić information content (AvgIpc) is 3.35. The molecule has 4 rings (SSSR count). The number of fused-ring (bicyclic) bond motifs is 2. The van der Waals surface area contributed by atoms with E-state index >= 15 is 0 Å². The van der Waals surface area contributed by atoms with Gasteiger partial charge < -0.3 is 9.84 Å². The topological polar surface area (TPSA) is 106 Å². The van der Waals surface area contributed by atoms with Crippen LogP contribution < -0.4 is 5.32 Å². The van der Waals surface area contributed by atoms with Crippen LogP contribution in [0.4, 0.5) is 10.5 Å². The van der Waals surface area contributed by atoms with Gasteiger partial charge in [-0.1, -0.05) is 6.07 Å². The zero-order valence-corrected chi connectivity index (χ0v) is 15.2. The van der Waals surface area contributed by atoms with Gasteiger partial charge in [0.05, 0.1) is 12.2 Å². The van der Waals surface area contributed by atoms with Crippen LogP contribution in [0.5, 0.6) is 0 Å². The van der Waals surface area contributed by atoms with Crippen LogP contribution in [-0.2, 0) is 41.8 Å². The zero-order chi connectivity index (χ0) is 19.0. The van der Waals surface area contributed by atoms with Crippen molar-refractivity contribution in [2.24, 2.45) is 0 Å². The van der Waals surface area contributed by atoms with E-state index in [0.717, 1.165) is 44.2 Å². The highest BCUT2D eigenvalue weighted by atomic mass is 16.6. The van der Waals surface area contributed by atoms with Gasteiger partial charge in [0.1, 0.15) is 12.2 Å². The van der Waals surface area contributed by atoms with E-state index in [1.54, 1.807) is 6.92 Å². The minimum absolute atomic E-state index is 0.0837. The van der Waals surface area contributed by atoms with Gasteiger partial charge in [-0.25, -0.2) is 19.3 Å². The number of rotatable bonds is 5. The van der Waals surface area contributed by atoms with Gasteiger partial charge in [0.2, 0.25) is 6.10 Å². The van der Waals surface area contributed by atoms with Crippen molar-refractivity contribution in [3.8, 4) is 0 Å². The van der Waals surface area contributed by atoms with E-state index in [1.165, 1.54) is 33.3 Å². The van der Waals surface area contributed by atoms with Crippen molar-refractivity contribution >= 4 is 17.7 Å². The molecule has 2 N–H and O–H groups in total. The third-order valence-corrected chi connectivity index (χ3v) is 5.37. The Labute approximate surface area is 156 Å². The van der Waals surface area contributed by atoms with E-state index in [-0.39, 0.29) is 6.54 Å². The molecule has 0 aliphatic heterocycles. The van der Waals surface area contributed by atoms with Crippen LogP contribution in [0.25, 0.3) is 0 Å². The van der Waals surface area contributed by atoms with Crippen molar-refractivity contribution in [3.05, 3.63) is 40.5 Å². The van der Waals surface area contributed by atoms with Crippen molar-refractivity contribution in [2.45, 2.75) is 58.1 Å². The smallest absolute Gasteiger partial charge is 0.412 e. The molecule has 2 aliphatic carbocycles. The number of aryl methyl sites for hydroxylation is 3. The number of carbonyl (C=O) groups excluding carboxylic acids is 1. The van der Waals surface area contributed by atoms with Gasteiger partial charge in [-0.2, -0.15) is 5.10 Å². The van der Waals surface area contributed by atoms with E-state index in [4.69, 9.17) is 4.74 Å². The molecule has 8 heteroatoms. The normalized spacial score (nSPS) is 15.9. The lowest BCUT2D eigenvalue weighted by molar-refractivity contribution is -0.147. The molecule has 8 nitrogen and oxygen atoms in total. The second-order valence-corrected chi connectivity index (χ2v) is 7.08. The maximum Gasteiger partial charge on any atom is 0.412 e. The fourth-order valence-electron chi connectivity index (χ4n) is 4.05. The Bertz CT molecular complexity index is 873. The second-order valence-electron chi connectivity index (χ2n) is 7.08. The number of nitrogens with one attached hydrogen (secondary N) is 1. The summed E-state index contributed by atoms with van der Waals surface area (Å²) in [5, 5.41) is 16.2. The summed E-state index contributed by atoms with van der Waals surface area (Å²) in [5.74, 6) is -0.660. The highest BCUT2D eigenvalue weighted by molar-refractivity contribution is 5.90. The molecule has 1 atom stereocenters. The number of aromatic nitrogens is 3. The van der Waals surface area contributed by atoms with E-state index in [2.05, 4.69) is 21.5 Å². The lowest BCUT2D eigenvalue weighted by Crippen LogP contribution is -2.34. The third kappa shape index (κ3) is 3.39. The fourth-order valence-corrected chi connectivity index (χ4v) is 4.05. The number of ether oxygens (including phenoxy) is 1. The number of amides is 1. The molecule has 1 aromatic carbocycles. The fraction of sp³-hybridized carbons (Fsp3) is 0.474. The molecule has 0 fully saturated rings. The van der Waals surface area contributed by atoms with Gasteiger partial charge >= 0.3 is 12.1 Å². The lowest BCUT2D eigenvalue weighted by Gasteiger charge is -2.18. The molecule has 0 radical (unpaired) electrons. The van der Waals surface area contributed by atoms with Crippen LogP contribution in [0.1, 0.15) is 40.9 Å². The summed E-state index contributed by atoms with van der Waals surface area (Å²) in [4.78, 5) is 28.0. The Balaban J connectivity index is 1.52. The minimum Gasteiger partial charge on any atom is -0.478 e. The molecule has 0 saturated heterocycles. The van der Waals surface area contributed by atoms with Crippen molar-refractivity contribution in [3.63, 3.8) is 0 Å². The van der Waals surface area contributed by atoms with Gasteiger partial charge in [0.15, 0.2) is 0 Å². The molecule has 1 amide bonds. The number of carboxylic acid groups (broad SMARTS) is 1. The number of carboxylic acids is 1. The Hall–Kier alpha value is -2.90. The number of nitrogens with zero attached hydrogens (tertiary/aromatic N) is 3. The van der Waals surface area contributed by atoms with Crippen LogP contribution in [0, 0.1) is 6.92 Å². The first-order valence-electron chi connectivity index (χ1n) is 9.24. The van der Waals surface area contributed by atoms with Crippen molar-refractivity contribution < 1.29 is 19.4 Å². The molecule has 0 spiro atoms. The molecule has 1 heterocycles. The Morgan fingerprint density at radius 1 is 1.22 bits per heavy atom. The highest BCUT2D eigenvalue weighted by Crippen LogP contribution is 2.38. The van der Waals surface area contributed by atoms with Crippen molar-refractivity contribution in [2.75, 3.05) is 5.32 Å². The monoisotopic (exact) mass is 370 g/mol. The molecule has 2 aromatic rings. The Kier molecular flexibility index (Phi) is 4.55. The number of hydrogen-bond donors (Lipinski definition) is 2. The van der Waals surface area contributed by atoms with Crippen LogP contribution in [0.2, 0.25) is 0 Å². The van der Waals surface area contributed by atoms with E-state index in [9.17, 15) is 14.7 Å². The zero-order valence-electron chi connectivity index (χ0n) is 15.2. The standard InChI is InChI=1S/C19H22N4O4/c1-11-20-10-21-23(11)9-16(18(24)25)27-19(26)22-17-14-6-2-4-12(14)8-13-5-3-7-15(13)17/h8,10,16H,2-7,9H2,1H3,(H,22,26)(H,24,25). The van der Waals surface area contributed by atoms with Crippen LogP contribution in [0.15, 0.2) is 12.4 Å². The summed E-state index contributed by atoms with van der Waals surface area (Å²) in [7, 11) is 0. The molecule has 142 valence electrons. The van der Waals surface area contributed by atoms with E-state index in [0.29, 0.717) is 5.82 Å². The predicted octanol–water partition coefficient (Wildman–Crippen LogP) is 2.27. The number of aliphatic carboxylic acids is 1. The quantitative estimate of drug-likeness (QED) is 0.836. The van der Waals surface area contributed by atoms with Gasteiger partial charge in [-0.3, -0.25) is 5.32 Å². The van der Waals surface area contributed by atoms with Gasteiger partial charge in [-0.05, 0) is 67.7 Å². The molecule has 0 bridgehead atoms. The van der Waals surface area contributed by atoms with E-state index < -0.39 is 18.2 Å². The molecule has 2 aliphatic rings. The van der Waals surface area contributed by atoms with Crippen molar-refractivity contribution in [1.82, 2.24) is 14.8 Å². The SMILES string of the molecule is Cc1ncnn1CC(OC(=O)Nc1c2c(cc3c1CCC3)CCC2)C(=O)O. The highest BCUT2D eigenvalue weighted by Gasteiger charge is 2.28. The van der Waals surface area contributed by atoms with Gasteiger partial charge in [0.25, 0.3) is 0 Å². The van der Waals surface area contributed by atoms with Crippen LogP contribution >= 0.6 is 0 Å². The summed E-state index contributed by atoms with van der Waals surface area (Å²) in [6.45, 7) is 1.63. The first kappa shape index (κ1) is 17.5. The molecule has 27 heavy (non-hydrogen) atoms. The molecule has 1 unspecified atom stereocenters. The summed E-state index contributed by atoms with van der Waals surface area (Å²) in [6, 6.07) is 2.27. The summed E-state index contributed by atoms with van der Waals surface area (Å²) in [5.41, 5.74) is 5.76. The number of carbonyl (C=O) groups is 2. The number of benzene rings is 1. The lowest BCUT2D eigenvalue weighted by atomic mass is 9.99. The summed E-state index contributed by atoms with van der Waals surface area (Å²) < 4.78 is 6.63. The molecule has 1 aromatic heterocycles. The molecular weight excluding hydrogens is 348 g/mol. The first-order valence-corrected chi connectivity index (χ1v) is 9.24. The largest absolute Gasteiger partial charge is 0.478 e. The van der Waals surface area contributed by atoms with E-state index in [1.807, 2.05) is 0 Å². The van der Waals surface area contributed by atoms with Gasteiger partial charge in [0, 0.05) is 0 Å². The predicted molar refractivity (Wildman–Crippen MR) is 96.8 cm³/mol. The maximum atomic E-state index is 12.5. The maximum absolute atomic E-state index is 12.5. The van der Waals surface area contributed by atoms with Crippen LogP contribution in [0.3, 0.4) is 0 Å². The minimum atomic E-state index is -1.34. The third-order valence-electron chi connectivity index (χ3n) is 5.37. The average molecular weight is 370 g/mol. The molecular formula is C19H22N4O4. The van der Waals surface area contributed by atoms with Crippen molar-refractivity contribution in [1.29, 1.82) is 0 Å². The number of hydrogen-bond acceptors (Lipinski definition) is 5. The molecule has 0 saturated carbocycles. The van der Waals surface area contributed by atoms with Gasteiger partial charge in [-0.15, -0.1) is 0 Å². The summed E-state index contributed by atoms with van der Waals surface area (Å²) in [6.07, 6.45) is 5.31. The Morgan fingerprint density at radius 3 is 2.44 bits per heavy atom. The Morgan fingerprint density at radius 2 is 1.89 bits per heavy atom. The van der Waals surface area contributed by atoms with Crippen LogP contribution in [-0.4, -0.2) is 38.0 Å². The summed E-state index contributed by atoms with van der Waals surface area (Å²) >= 11 is 0. The second kappa shape index (κ2) is 7.02. The first-order chi connectivity index (χ1) is 13.0.